The van der Waals surface area contributed by atoms with Crippen LogP contribution in [0.2, 0.25) is 0 Å². The van der Waals surface area contributed by atoms with Crippen molar-refractivity contribution >= 4 is 5.97 Å². The molecule has 0 saturated heterocycles. The Balaban J connectivity index is 3.93. The van der Waals surface area contributed by atoms with Gasteiger partial charge in [0.25, 0.3) is 0 Å². The summed E-state index contributed by atoms with van der Waals surface area (Å²) in [6.45, 7) is 7.19. The minimum Gasteiger partial charge on any atom is -0.481 e. The lowest BCUT2D eigenvalue weighted by molar-refractivity contribution is -0.141. The van der Waals surface area contributed by atoms with Crippen molar-refractivity contribution in [3.63, 3.8) is 0 Å². The highest BCUT2D eigenvalue weighted by molar-refractivity contribution is 5.69. The molecule has 0 aromatic rings. The van der Waals surface area contributed by atoms with Gasteiger partial charge < -0.3 is 14.7 Å². The minimum atomic E-state index is -0.715. The fourth-order valence-corrected chi connectivity index (χ4v) is 1.57. The zero-order valence-electron chi connectivity index (χ0n) is 10.7. The largest absolute Gasteiger partial charge is 0.481 e. The molecule has 1 atom stereocenters. The first-order chi connectivity index (χ1) is 7.61. The second-order valence-electron chi connectivity index (χ2n) is 4.24. The molecule has 0 heterocycles. The molecule has 1 N–H and O–H groups in total. The monoisotopic (exact) mass is 231 g/mol. The molecule has 0 bridgehead atoms. The van der Waals surface area contributed by atoms with E-state index in [4.69, 9.17) is 9.84 Å². The quantitative estimate of drug-likeness (QED) is 0.583. The predicted molar refractivity (Wildman–Crippen MR) is 64.6 cm³/mol. The van der Waals surface area contributed by atoms with E-state index in [1.54, 1.807) is 14.0 Å². The molecular weight excluding hydrogens is 206 g/mol. The van der Waals surface area contributed by atoms with Crippen LogP contribution in [0.15, 0.2) is 0 Å². The first kappa shape index (κ1) is 15.4. The number of hydrogen-bond acceptors (Lipinski definition) is 3. The van der Waals surface area contributed by atoms with Crippen molar-refractivity contribution in [3.05, 3.63) is 0 Å². The summed E-state index contributed by atoms with van der Waals surface area (Å²) in [5, 5.41) is 8.88. The zero-order valence-corrected chi connectivity index (χ0v) is 10.7. The van der Waals surface area contributed by atoms with Crippen LogP contribution in [0.5, 0.6) is 0 Å². The van der Waals surface area contributed by atoms with Gasteiger partial charge in [-0.25, -0.2) is 0 Å². The molecule has 0 aliphatic heterocycles. The Morgan fingerprint density at radius 3 is 2.50 bits per heavy atom. The molecule has 0 radical (unpaired) electrons. The molecule has 0 amide bonds. The number of hydrogen-bond donors (Lipinski definition) is 1. The van der Waals surface area contributed by atoms with Crippen LogP contribution >= 0.6 is 0 Å². The third kappa shape index (κ3) is 7.65. The highest BCUT2D eigenvalue weighted by atomic mass is 16.5. The summed E-state index contributed by atoms with van der Waals surface area (Å²) in [5.41, 5.74) is 0. The van der Waals surface area contributed by atoms with Crippen LogP contribution in [0, 0.1) is 5.92 Å². The summed E-state index contributed by atoms with van der Waals surface area (Å²) in [6.07, 6.45) is 3.23. The van der Waals surface area contributed by atoms with Gasteiger partial charge in [0.05, 0.1) is 5.92 Å². The van der Waals surface area contributed by atoms with Gasteiger partial charge >= 0.3 is 5.97 Å². The van der Waals surface area contributed by atoms with Crippen LogP contribution < -0.4 is 0 Å². The number of carboxylic acid groups (broad SMARTS) is 1. The van der Waals surface area contributed by atoms with E-state index >= 15 is 0 Å². The fourth-order valence-electron chi connectivity index (χ4n) is 1.57. The van der Waals surface area contributed by atoms with Gasteiger partial charge in [-0.2, -0.15) is 0 Å². The standard InChI is InChI=1S/C12H25NO3/c1-4-5-7-13(8-6-9-16-3)10-11(2)12(14)15/h11H,4-10H2,1-3H3,(H,14,15). The molecule has 0 rings (SSSR count). The molecule has 4 nitrogen and oxygen atoms in total. The van der Waals surface area contributed by atoms with Crippen molar-refractivity contribution in [1.82, 2.24) is 4.90 Å². The molecule has 0 saturated carbocycles. The van der Waals surface area contributed by atoms with Gasteiger partial charge in [-0.05, 0) is 19.4 Å². The summed E-state index contributed by atoms with van der Waals surface area (Å²) in [4.78, 5) is 13.0. The number of nitrogens with zero attached hydrogens (tertiary/aromatic N) is 1. The Kier molecular flexibility index (Phi) is 9.24. The average Bonchev–Trinajstić information content (AvgIpc) is 2.25. The van der Waals surface area contributed by atoms with E-state index in [9.17, 15) is 4.79 Å². The normalized spacial score (nSPS) is 13.0. The molecule has 0 spiro atoms. The number of unbranched alkanes of at least 4 members (excludes halogenated alkanes) is 1. The van der Waals surface area contributed by atoms with E-state index in [2.05, 4.69) is 11.8 Å². The van der Waals surface area contributed by atoms with Gasteiger partial charge in [0.1, 0.15) is 0 Å². The number of carboxylic acids is 1. The van der Waals surface area contributed by atoms with Crippen LogP contribution in [-0.2, 0) is 9.53 Å². The Hall–Kier alpha value is -0.610. The van der Waals surface area contributed by atoms with E-state index in [1.807, 2.05) is 0 Å². The van der Waals surface area contributed by atoms with E-state index in [1.165, 1.54) is 0 Å². The first-order valence-electron chi connectivity index (χ1n) is 6.05. The third-order valence-electron chi connectivity index (χ3n) is 2.60. The molecule has 0 aromatic carbocycles. The van der Waals surface area contributed by atoms with Crippen molar-refractivity contribution in [1.29, 1.82) is 0 Å². The lowest BCUT2D eigenvalue weighted by atomic mass is 10.1. The molecule has 0 aliphatic rings. The molecule has 1 unspecified atom stereocenters. The van der Waals surface area contributed by atoms with Crippen molar-refractivity contribution < 1.29 is 14.6 Å². The first-order valence-corrected chi connectivity index (χ1v) is 6.05. The Morgan fingerprint density at radius 1 is 1.38 bits per heavy atom. The summed E-state index contributed by atoms with van der Waals surface area (Å²) >= 11 is 0. The zero-order chi connectivity index (χ0) is 12.4. The summed E-state index contributed by atoms with van der Waals surface area (Å²) in [5.74, 6) is -1.01. The fraction of sp³-hybridized carbons (Fsp3) is 0.917. The van der Waals surface area contributed by atoms with Crippen LogP contribution in [0.3, 0.4) is 0 Å². The van der Waals surface area contributed by atoms with Gasteiger partial charge in [0.2, 0.25) is 0 Å². The number of carbonyl (C=O) groups is 1. The highest BCUT2D eigenvalue weighted by Crippen LogP contribution is 2.03. The van der Waals surface area contributed by atoms with E-state index in [0.29, 0.717) is 6.54 Å². The van der Waals surface area contributed by atoms with Crippen molar-refractivity contribution in [3.8, 4) is 0 Å². The van der Waals surface area contributed by atoms with Crippen LogP contribution in [0.1, 0.15) is 33.1 Å². The predicted octanol–water partition coefficient (Wildman–Crippen LogP) is 1.85. The Bertz CT molecular complexity index is 185. The molecular formula is C12H25NO3. The maximum absolute atomic E-state index is 10.8. The SMILES string of the molecule is CCCCN(CCCOC)CC(C)C(=O)O. The van der Waals surface area contributed by atoms with Gasteiger partial charge in [-0.3, -0.25) is 4.79 Å². The second kappa shape index (κ2) is 9.60. The van der Waals surface area contributed by atoms with E-state index in [0.717, 1.165) is 39.0 Å². The molecule has 0 aliphatic carbocycles. The lowest BCUT2D eigenvalue weighted by Gasteiger charge is -2.23. The van der Waals surface area contributed by atoms with Crippen molar-refractivity contribution in [2.45, 2.75) is 33.1 Å². The smallest absolute Gasteiger partial charge is 0.307 e. The van der Waals surface area contributed by atoms with E-state index in [-0.39, 0.29) is 5.92 Å². The number of ether oxygens (including phenoxy) is 1. The number of aliphatic carboxylic acids is 1. The molecule has 4 heteroatoms. The highest BCUT2D eigenvalue weighted by Gasteiger charge is 2.15. The lowest BCUT2D eigenvalue weighted by Crippen LogP contribution is -2.33. The summed E-state index contributed by atoms with van der Waals surface area (Å²) in [7, 11) is 1.69. The molecule has 0 aromatic heterocycles. The molecule has 96 valence electrons. The molecule has 0 fully saturated rings. The van der Waals surface area contributed by atoms with Gasteiger partial charge in [-0.1, -0.05) is 20.3 Å². The topological polar surface area (TPSA) is 49.8 Å². The van der Waals surface area contributed by atoms with E-state index < -0.39 is 5.97 Å². The van der Waals surface area contributed by atoms with Gasteiger partial charge in [0.15, 0.2) is 0 Å². The Morgan fingerprint density at radius 2 is 2.00 bits per heavy atom. The number of rotatable bonds is 10. The van der Waals surface area contributed by atoms with Gasteiger partial charge in [0, 0.05) is 26.8 Å². The number of methoxy groups -OCH3 is 1. The average molecular weight is 231 g/mol. The van der Waals surface area contributed by atoms with Crippen LogP contribution in [-0.4, -0.2) is 49.3 Å². The maximum atomic E-state index is 10.8. The summed E-state index contributed by atoms with van der Waals surface area (Å²) in [6, 6.07) is 0. The summed E-state index contributed by atoms with van der Waals surface area (Å²) < 4.78 is 5.01. The van der Waals surface area contributed by atoms with Crippen molar-refractivity contribution in [2.24, 2.45) is 5.92 Å². The Labute approximate surface area is 98.6 Å². The minimum absolute atomic E-state index is 0.292. The molecule has 16 heavy (non-hydrogen) atoms. The van der Waals surface area contributed by atoms with Crippen molar-refractivity contribution in [2.75, 3.05) is 33.4 Å². The maximum Gasteiger partial charge on any atom is 0.307 e. The van der Waals surface area contributed by atoms with Gasteiger partial charge in [-0.15, -0.1) is 0 Å². The third-order valence-corrected chi connectivity index (χ3v) is 2.60. The van der Waals surface area contributed by atoms with Crippen LogP contribution in [0.25, 0.3) is 0 Å². The second-order valence-corrected chi connectivity index (χ2v) is 4.24. The van der Waals surface area contributed by atoms with Crippen LogP contribution in [0.4, 0.5) is 0 Å².